The molecule has 0 amide bonds. The fourth-order valence-electron chi connectivity index (χ4n) is 3.01. The second-order valence-electron chi connectivity index (χ2n) is 6.03. The van der Waals surface area contributed by atoms with Gasteiger partial charge in [-0.05, 0) is 0 Å². The molecule has 0 fully saturated rings. The van der Waals surface area contributed by atoms with Gasteiger partial charge in [0.25, 0.3) is 0 Å². The van der Waals surface area contributed by atoms with Gasteiger partial charge in [0.1, 0.15) is 0 Å². The molecule has 0 bridgehead atoms. The molecule has 0 aliphatic carbocycles. The van der Waals surface area contributed by atoms with Gasteiger partial charge in [-0.3, -0.25) is 0 Å². The van der Waals surface area contributed by atoms with E-state index < -0.39 is 0 Å². The van der Waals surface area contributed by atoms with Crippen LogP contribution in [-0.4, -0.2) is 26.3 Å². The van der Waals surface area contributed by atoms with E-state index in [0.717, 1.165) is 0 Å². The molecule has 0 aromatic heterocycles. The minimum atomic E-state index is 0.493. The van der Waals surface area contributed by atoms with Gasteiger partial charge in [-0.25, -0.2) is 0 Å². The summed E-state index contributed by atoms with van der Waals surface area (Å²) in [6.07, 6.45) is 0. The van der Waals surface area contributed by atoms with Crippen LogP contribution in [0.25, 0.3) is 21.5 Å². The maximum absolute atomic E-state index is 2.28. The Morgan fingerprint density at radius 2 is 0.917 bits per heavy atom. The summed E-state index contributed by atoms with van der Waals surface area (Å²) in [7, 11) is 0. The van der Waals surface area contributed by atoms with Crippen molar-refractivity contribution >= 4 is 56.7 Å². The first-order chi connectivity index (χ1) is 11.7. The summed E-state index contributed by atoms with van der Waals surface area (Å²) in [5, 5.41) is 5.62. The molecule has 0 unspecified atom stereocenters. The van der Waals surface area contributed by atoms with Crippen LogP contribution in [0.2, 0.25) is 0 Å². The van der Waals surface area contributed by atoms with Crippen LogP contribution in [0.5, 0.6) is 0 Å². The first kappa shape index (κ1) is 15.9. The third-order valence-electron chi connectivity index (χ3n) is 4.36. The monoisotopic (exact) mass is 442 g/mol. The van der Waals surface area contributed by atoms with Crippen LogP contribution < -0.4 is 8.92 Å². The standard InChI is InChI=1S/C22H18Se2/c1-15-11-13-17-7-3-5-9-19(17)21(15)23-24-22-16(2)12-14-18-8-4-6-10-20(18)22/h3-14H,1-2H3. The van der Waals surface area contributed by atoms with Crippen molar-refractivity contribution in [3.05, 3.63) is 83.9 Å². The van der Waals surface area contributed by atoms with Gasteiger partial charge >= 0.3 is 155 Å². The molecule has 0 spiro atoms. The van der Waals surface area contributed by atoms with Crippen LogP contribution in [0.4, 0.5) is 0 Å². The van der Waals surface area contributed by atoms with Crippen LogP contribution in [0.15, 0.2) is 72.8 Å². The molecule has 0 nitrogen and oxygen atoms in total. The Hall–Kier alpha value is -1.56. The van der Waals surface area contributed by atoms with Crippen LogP contribution in [-0.2, 0) is 0 Å². The van der Waals surface area contributed by atoms with Gasteiger partial charge in [0.2, 0.25) is 0 Å². The van der Waals surface area contributed by atoms with Gasteiger partial charge in [0.05, 0.1) is 0 Å². The van der Waals surface area contributed by atoms with E-state index in [-0.39, 0.29) is 0 Å². The van der Waals surface area contributed by atoms with Crippen molar-refractivity contribution in [3.8, 4) is 0 Å². The van der Waals surface area contributed by atoms with Gasteiger partial charge in [-0.1, -0.05) is 0 Å². The Kier molecular flexibility index (Phi) is 4.48. The molecule has 0 N–H and O–H groups in total. The Bertz CT molecular complexity index is 949. The predicted octanol–water partition coefficient (Wildman–Crippen LogP) is 3.88. The Balaban J connectivity index is 1.77. The summed E-state index contributed by atoms with van der Waals surface area (Å²) in [4.78, 5) is 0. The van der Waals surface area contributed by atoms with Gasteiger partial charge in [0.15, 0.2) is 0 Å². The molecular weight excluding hydrogens is 422 g/mol. The van der Waals surface area contributed by atoms with E-state index in [1.807, 2.05) is 0 Å². The average Bonchev–Trinajstić information content (AvgIpc) is 2.62. The molecule has 118 valence electrons. The zero-order valence-electron chi connectivity index (χ0n) is 13.7. The Morgan fingerprint density at radius 3 is 1.38 bits per heavy atom. The first-order valence-electron chi connectivity index (χ1n) is 8.05. The van der Waals surface area contributed by atoms with Gasteiger partial charge in [0, 0.05) is 0 Å². The van der Waals surface area contributed by atoms with Crippen LogP contribution in [0.1, 0.15) is 11.1 Å². The van der Waals surface area contributed by atoms with Crippen molar-refractivity contribution in [3.63, 3.8) is 0 Å². The number of aryl methyl sites for hydroxylation is 2. The molecule has 2 heteroatoms. The van der Waals surface area contributed by atoms with E-state index in [1.165, 1.54) is 32.7 Å². The molecule has 0 atom stereocenters. The van der Waals surface area contributed by atoms with Crippen molar-refractivity contribution in [2.24, 2.45) is 0 Å². The van der Waals surface area contributed by atoms with Crippen LogP contribution in [0, 0.1) is 13.8 Å². The molecule has 0 heterocycles. The zero-order valence-corrected chi connectivity index (χ0v) is 17.2. The number of hydrogen-bond donors (Lipinski definition) is 0. The van der Waals surface area contributed by atoms with E-state index in [9.17, 15) is 0 Å². The van der Waals surface area contributed by atoms with E-state index in [2.05, 4.69) is 86.6 Å². The van der Waals surface area contributed by atoms with Gasteiger partial charge in [-0.15, -0.1) is 0 Å². The molecule has 0 saturated heterocycles. The normalized spacial score (nSPS) is 11.2. The van der Waals surface area contributed by atoms with E-state index >= 15 is 0 Å². The summed E-state index contributed by atoms with van der Waals surface area (Å²) >= 11 is 0.986. The summed E-state index contributed by atoms with van der Waals surface area (Å²) in [5.41, 5.74) is 2.88. The maximum atomic E-state index is 2.28. The molecule has 0 saturated carbocycles. The number of benzene rings is 4. The second kappa shape index (κ2) is 6.75. The van der Waals surface area contributed by atoms with Crippen molar-refractivity contribution in [1.82, 2.24) is 0 Å². The SMILES string of the molecule is Cc1ccc2ccccc2c1[Se][Se]c1c(C)ccc2ccccc12. The topological polar surface area (TPSA) is 0 Å². The van der Waals surface area contributed by atoms with E-state index in [1.54, 1.807) is 8.92 Å². The fourth-order valence-corrected chi connectivity index (χ4v) is 12.0. The van der Waals surface area contributed by atoms with Gasteiger partial charge < -0.3 is 0 Å². The molecular formula is C22H18Se2. The third-order valence-corrected chi connectivity index (χ3v) is 12.1. The molecule has 0 radical (unpaired) electrons. The quantitative estimate of drug-likeness (QED) is 0.425. The Morgan fingerprint density at radius 1 is 0.500 bits per heavy atom. The van der Waals surface area contributed by atoms with Crippen LogP contribution >= 0.6 is 0 Å². The molecule has 4 aromatic rings. The molecule has 4 rings (SSSR count). The molecule has 24 heavy (non-hydrogen) atoms. The average molecular weight is 440 g/mol. The molecule has 0 aliphatic heterocycles. The Labute approximate surface area is 154 Å². The third kappa shape index (κ3) is 2.92. The van der Waals surface area contributed by atoms with E-state index in [4.69, 9.17) is 0 Å². The van der Waals surface area contributed by atoms with Gasteiger partial charge in [-0.2, -0.15) is 0 Å². The number of rotatable bonds is 3. The van der Waals surface area contributed by atoms with Crippen molar-refractivity contribution in [1.29, 1.82) is 0 Å². The molecule has 4 aromatic carbocycles. The van der Waals surface area contributed by atoms with Crippen LogP contribution in [0.3, 0.4) is 0 Å². The summed E-state index contributed by atoms with van der Waals surface area (Å²) in [6.45, 7) is 4.52. The van der Waals surface area contributed by atoms with Crippen molar-refractivity contribution in [2.75, 3.05) is 0 Å². The van der Waals surface area contributed by atoms with Crippen molar-refractivity contribution in [2.45, 2.75) is 13.8 Å². The minimum absolute atomic E-state index is 0.493. The summed E-state index contributed by atoms with van der Waals surface area (Å²) < 4.78 is 3.15. The van der Waals surface area contributed by atoms with Crippen molar-refractivity contribution < 1.29 is 0 Å². The summed E-state index contributed by atoms with van der Waals surface area (Å²) in [6, 6.07) is 26.7. The number of fused-ring (bicyclic) bond motifs is 2. The summed E-state index contributed by atoms with van der Waals surface area (Å²) in [5.74, 6) is 0. The molecule has 0 aliphatic rings. The number of hydrogen-bond acceptors (Lipinski definition) is 0. The first-order valence-corrected chi connectivity index (χ1v) is 14.1. The second-order valence-corrected chi connectivity index (χ2v) is 12.1. The van der Waals surface area contributed by atoms with E-state index in [0.29, 0.717) is 26.3 Å². The fraction of sp³-hybridized carbons (Fsp3) is 0.0909. The zero-order chi connectivity index (χ0) is 16.5. The predicted molar refractivity (Wildman–Crippen MR) is 108 cm³/mol.